The standard InChI is InChI=1S/C21H20N4O4S/c1-12-8-9-15(14(10-12)18(26)13-6-4-5-7-17(13)29-3)23-20(28)25-21-24-16(11-30-21)19(27)22-2/h4-11H,1-3H3,(H,22,27)(H2,23,24,25,28). The van der Waals surface area contributed by atoms with Gasteiger partial charge in [0.1, 0.15) is 11.4 Å². The van der Waals surface area contributed by atoms with Crippen molar-refractivity contribution in [2.75, 3.05) is 24.8 Å². The molecule has 30 heavy (non-hydrogen) atoms. The maximum absolute atomic E-state index is 13.1. The van der Waals surface area contributed by atoms with Gasteiger partial charge in [0.15, 0.2) is 10.9 Å². The minimum absolute atomic E-state index is 0.208. The molecule has 3 aromatic rings. The Bertz CT molecular complexity index is 1110. The summed E-state index contributed by atoms with van der Waals surface area (Å²) in [5.74, 6) is -0.172. The van der Waals surface area contributed by atoms with Crippen molar-refractivity contribution >= 4 is 39.9 Å². The molecule has 3 N–H and O–H groups in total. The van der Waals surface area contributed by atoms with Crippen LogP contribution in [0.15, 0.2) is 47.8 Å². The molecule has 3 amide bonds. The number of rotatable bonds is 6. The molecule has 0 radical (unpaired) electrons. The summed E-state index contributed by atoms with van der Waals surface area (Å²) in [5.41, 5.74) is 2.15. The Balaban J connectivity index is 1.83. The highest BCUT2D eigenvalue weighted by Gasteiger charge is 2.19. The van der Waals surface area contributed by atoms with Crippen molar-refractivity contribution in [3.8, 4) is 5.75 Å². The average molecular weight is 424 g/mol. The number of urea groups is 1. The van der Waals surface area contributed by atoms with Gasteiger partial charge in [-0.15, -0.1) is 11.3 Å². The number of nitrogens with zero attached hydrogens (tertiary/aromatic N) is 1. The molecule has 0 atom stereocenters. The fraction of sp³-hybridized carbons (Fsp3) is 0.143. The van der Waals surface area contributed by atoms with Gasteiger partial charge in [-0.3, -0.25) is 14.9 Å². The summed E-state index contributed by atoms with van der Waals surface area (Å²) in [6, 6.07) is 11.5. The molecule has 0 bridgehead atoms. The van der Waals surface area contributed by atoms with Gasteiger partial charge < -0.3 is 15.4 Å². The predicted octanol–water partition coefficient (Wildman–Crippen LogP) is 3.69. The van der Waals surface area contributed by atoms with Crippen LogP contribution in [0, 0.1) is 6.92 Å². The van der Waals surface area contributed by atoms with Crippen LogP contribution in [0.3, 0.4) is 0 Å². The summed E-state index contributed by atoms with van der Waals surface area (Å²) in [7, 11) is 3.00. The molecule has 0 fully saturated rings. The van der Waals surface area contributed by atoms with Gasteiger partial charge in [-0.1, -0.05) is 23.8 Å². The number of nitrogens with one attached hydrogen (secondary N) is 3. The fourth-order valence-electron chi connectivity index (χ4n) is 2.75. The van der Waals surface area contributed by atoms with Gasteiger partial charge in [-0.05, 0) is 31.2 Å². The number of para-hydroxylation sites is 1. The van der Waals surface area contributed by atoms with Crippen molar-refractivity contribution in [3.63, 3.8) is 0 Å². The molecule has 2 aromatic carbocycles. The van der Waals surface area contributed by atoms with E-state index >= 15 is 0 Å². The van der Waals surface area contributed by atoms with Gasteiger partial charge >= 0.3 is 6.03 Å². The lowest BCUT2D eigenvalue weighted by molar-refractivity contribution is 0.0958. The Kier molecular flexibility index (Phi) is 6.43. The van der Waals surface area contributed by atoms with Crippen LogP contribution in [0.4, 0.5) is 15.6 Å². The van der Waals surface area contributed by atoms with Crippen LogP contribution in [-0.2, 0) is 0 Å². The number of aromatic nitrogens is 1. The first-order valence-electron chi connectivity index (χ1n) is 8.97. The van der Waals surface area contributed by atoms with E-state index < -0.39 is 6.03 Å². The lowest BCUT2D eigenvalue weighted by Crippen LogP contribution is -2.22. The number of aryl methyl sites for hydroxylation is 1. The molecule has 8 nitrogen and oxygen atoms in total. The van der Waals surface area contributed by atoms with Crippen molar-refractivity contribution < 1.29 is 19.1 Å². The third kappa shape index (κ3) is 4.64. The Labute approximate surface area is 177 Å². The largest absolute Gasteiger partial charge is 0.496 e. The smallest absolute Gasteiger partial charge is 0.325 e. The van der Waals surface area contributed by atoms with E-state index in [1.165, 1.54) is 19.5 Å². The van der Waals surface area contributed by atoms with Crippen LogP contribution < -0.4 is 20.7 Å². The van der Waals surface area contributed by atoms with Crippen molar-refractivity contribution in [2.45, 2.75) is 6.92 Å². The highest BCUT2D eigenvalue weighted by molar-refractivity contribution is 7.14. The van der Waals surface area contributed by atoms with Gasteiger partial charge in [0.25, 0.3) is 5.91 Å². The molecular formula is C21H20N4O4S. The molecule has 1 aromatic heterocycles. The first-order chi connectivity index (χ1) is 14.4. The number of anilines is 2. The molecule has 0 unspecified atom stereocenters. The molecule has 0 aliphatic heterocycles. The second-order valence-corrected chi connectivity index (χ2v) is 7.13. The molecule has 1 heterocycles. The topological polar surface area (TPSA) is 109 Å². The van der Waals surface area contributed by atoms with Crippen molar-refractivity contribution in [3.05, 3.63) is 70.2 Å². The third-order valence-electron chi connectivity index (χ3n) is 4.20. The summed E-state index contributed by atoms with van der Waals surface area (Å²) >= 11 is 1.12. The molecule has 0 saturated carbocycles. The lowest BCUT2D eigenvalue weighted by atomic mass is 9.99. The number of thiazole rings is 1. The first-order valence-corrected chi connectivity index (χ1v) is 9.85. The molecule has 0 aliphatic carbocycles. The number of methoxy groups -OCH3 is 1. The van der Waals surface area contributed by atoms with Crippen molar-refractivity contribution in [1.29, 1.82) is 0 Å². The fourth-order valence-corrected chi connectivity index (χ4v) is 3.43. The maximum Gasteiger partial charge on any atom is 0.325 e. The van der Waals surface area contributed by atoms with E-state index in [1.807, 2.05) is 6.92 Å². The molecule has 0 aliphatic rings. The van der Waals surface area contributed by atoms with E-state index in [0.29, 0.717) is 22.6 Å². The summed E-state index contributed by atoms with van der Waals surface area (Å²) < 4.78 is 5.29. The zero-order chi connectivity index (χ0) is 21.7. The highest BCUT2D eigenvalue weighted by Crippen LogP contribution is 2.26. The second-order valence-electron chi connectivity index (χ2n) is 6.27. The van der Waals surface area contributed by atoms with Crippen LogP contribution >= 0.6 is 11.3 Å². The number of amides is 3. The van der Waals surface area contributed by atoms with Crippen molar-refractivity contribution in [2.24, 2.45) is 0 Å². The number of carbonyl (C=O) groups excluding carboxylic acids is 3. The van der Waals surface area contributed by atoms with Crippen LogP contribution in [0.5, 0.6) is 5.75 Å². The summed E-state index contributed by atoms with van der Waals surface area (Å²) in [6.07, 6.45) is 0. The van der Waals surface area contributed by atoms with Crippen molar-refractivity contribution in [1.82, 2.24) is 10.3 Å². The quantitative estimate of drug-likeness (QED) is 0.523. The van der Waals surface area contributed by atoms with E-state index in [-0.39, 0.29) is 22.5 Å². The SMILES string of the molecule is CNC(=O)c1csc(NC(=O)Nc2ccc(C)cc2C(=O)c2ccccc2OC)n1. The molecular weight excluding hydrogens is 404 g/mol. The Morgan fingerprint density at radius 3 is 2.53 bits per heavy atom. The van der Waals surface area contributed by atoms with E-state index in [4.69, 9.17) is 4.74 Å². The Morgan fingerprint density at radius 2 is 1.80 bits per heavy atom. The number of benzene rings is 2. The molecule has 154 valence electrons. The van der Waals surface area contributed by atoms with E-state index in [2.05, 4.69) is 20.9 Å². The number of carbonyl (C=O) groups is 3. The minimum atomic E-state index is -0.578. The van der Waals surface area contributed by atoms with Gasteiger partial charge in [-0.25, -0.2) is 9.78 Å². The lowest BCUT2D eigenvalue weighted by Gasteiger charge is -2.13. The molecule has 3 rings (SSSR count). The Hall–Kier alpha value is -3.72. The monoisotopic (exact) mass is 424 g/mol. The zero-order valence-electron chi connectivity index (χ0n) is 16.6. The maximum atomic E-state index is 13.1. The normalized spacial score (nSPS) is 10.2. The minimum Gasteiger partial charge on any atom is -0.496 e. The summed E-state index contributed by atoms with van der Waals surface area (Å²) in [5, 5.41) is 9.52. The number of hydrogen-bond donors (Lipinski definition) is 3. The van der Waals surface area contributed by atoms with E-state index in [9.17, 15) is 14.4 Å². The van der Waals surface area contributed by atoms with Crippen LogP contribution in [0.25, 0.3) is 0 Å². The molecule has 0 saturated heterocycles. The number of ketones is 1. The highest BCUT2D eigenvalue weighted by atomic mass is 32.1. The Morgan fingerprint density at radius 1 is 1.03 bits per heavy atom. The van der Waals surface area contributed by atoms with Gasteiger partial charge in [0.2, 0.25) is 0 Å². The first kappa shape index (κ1) is 21.0. The van der Waals surface area contributed by atoms with Gasteiger partial charge in [0.05, 0.1) is 18.4 Å². The molecule has 9 heteroatoms. The van der Waals surface area contributed by atoms with Crippen LogP contribution in [-0.4, -0.2) is 36.9 Å². The third-order valence-corrected chi connectivity index (χ3v) is 4.96. The molecule has 0 spiro atoms. The van der Waals surface area contributed by atoms with Crippen LogP contribution in [0.1, 0.15) is 32.0 Å². The van der Waals surface area contributed by atoms with E-state index in [0.717, 1.165) is 16.9 Å². The zero-order valence-corrected chi connectivity index (χ0v) is 17.4. The van der Waals surface area contributed by atoms with Gasteiger partial charge in [0, 0.05) is 18.0 Å². The summed E-state index contributed by atoms with van der Waals surface area (Å²) in [4.78, 5) is 41.3. The van der Waals surface area contributed by atoms with Gasteiger partial charge in [-0.2, -0.15) is 0 Å². The average Bonchev–Trinajstić information content (AvgIpc) is 3.22. The number of ether oxygens (including phenoxy) is 1. The predicted molar refractivity (Wildman–Crippen MR) is 116 cm³/mol. The van der Waals surface area contributed by atoms with Crippen LogP contribution in [0.2, 0.25) is 0 Å². The van der Waals surface area contributed by atoms with E-state index in [1.54, 1.807) is 42.5 Å². The summed E-state index contributed by atoms with van der Waals surface area (Å²) in [6.45, 7) is 1.86. The second kappa shape index (κ2) is 9.19. The number of hydrogen-bond acceptors (Lipinski definition) is 6.